The van der Waals surface area contributed by atoms with Gasteiger partial charge in [-0.05, 0) is 94.0 Å². The Bertz CT molecular complexity index is 1760. The van der Waals surface area contributed by atoms with Crippen LogP contribution in [0, 0.1) is 5.92 Å². The topological polar surface area (TPSA) is 155 Å². The van der Waals surface area contributed by atoms with Gasteiger partial charge in [-0.15, -0.1) is 0 Å². The number of carbonyl (C=O) groups is 3. The SMILES string of the molecule is CC(C)(C)NC(=O)[C@H]1CC[C@H]2CCCC[C@H]2N1C[C@H]1C[C@@H](c2ccc(CO)cc2)O[C@@H](c2ccc(CNC(=O)CCCCC(=O)Nc3ccccc3N)cc2)O1. The number of hydrogen-bond acceptors (Lipinski definition) is 8. The number of fused-ring (bicyclic) bond motifs is 1. The lowest BCUT2D eigenvalue weighted by Crippen LogP contribution is -2.61. The molecule has 3 aromatic rings. The average Bonchev–Trinajstić information content (AvgIpc) is 3.19. The maximum Gasteiger partial charge on any atom is 0.237 e. The predicted molar refractivity (Wildman–Crippen MR) is 218 cm³/mol. The second-order valence-electron chi connectivity index (χ2n) is 16.9. The molecule has 6 rings (SSSR count). The molecular weight excluding hydrogens is 707 g/mol. The summed E-state index contributed by atoms with van der Waals surface area (Å²) in [4.78, 5) is 41.2. The number of unbranched alkanes of at least 4 members (excludes halogenated alkanes) is 1. The van der Waals surface area contributed by atoms with Gasteiger partial charge in [0, 0.05) is 49.5 Å². The van der Waals surface area contributed by atoms with Gasteiger partial charge in [-0.2, -0.15) is 0 Å². The third-order valence-electron chi connectivity index (χ3n) is 11.4. The molecular formula is C45H61N5O6. The molecule has 3 aromatic carbocycles. The summed E-state index contributed by atoms with van der Waals surface area (Å²) in [5, 5.41) is 18.8. The van der Waals surface area contributed by atoms with E-state index in [0.29, 0.717) is 68.5 Å². The minimum absolute atomic E-state index is 0.0212. The summed E-state index contributed by atoms with van der Waals surface area (Å²) in [6.45, 7) is 7.12. The average molecular weight is 768 g/mol. The molecule has 3 aliphatic rings. The molecule has 1 aliphatic carbocycles. The molecule has 2 aliphatic heterocycles. The zero-order valence-corrected chi connectivity index (χ0v) is 33.3. The number of piperidine rings is 1. The number of nitrogens with one attached hydrogen (secondary N) is 3. The molecule has 0 aromatic heterocycles. The van der Waals surface area contributed by atoms with Gasteiger partial charge in [0.1, 0.15) is 0 Å². The van der Waals surface area contributed by atoms with Crippen molar-refractivity contribution in [3.05, 3.63) is 95.1 Å². The van der Waals surface area contributed by atoms with Crippen LogP contribution in [0.3, 0.4) is 0 Å². The van der Waals surface area contributed by atoms with Gasteiger partial charge >= 0.3 is 0 Å². The smallest absolute Gasteiger partial charge is 0.237 e. The lowest BCUT2D eigenvalue weighted by molar-refractivity contribution is -0.255. The highest BCUT2D eigenvalue weighted by Crippen LogP contribution is 2.42. The molecule has 0 unspecified atom stereocenters. The van der Waals surface area contributed by atoms with E-state index in [1.54, 1.807) is 12.1 Å². The van der Waals surface area contributed by atoms with E-state index in [1.165, 1.54) is 19.3 Å². The number of amides is 3. The maximum atomic E-state index is 13.8. The maximum absolute atomic E-state index is 13.8. The van der Waals surface area contributed by atoms with Crippen LogP contribution in [0.5, 0.6) is 0 Å². The first-order valence-electron chi connectivity index (χ1n) is 20.5. The molecule has 3 amide bonds. The summed E-state index contributed by atoms with van der Waals surface area (Å²) in [5.41, 5.74) is 10.4. The van der Waals surface area contributed by atoms with Crippen molar-refractivity contribution in [3.63, 3.8) is 0 Å². The van der Waals surface area contributed by atoms with Crippen molar-refractivity contribution < 1.29 is 29.0 Å². The van der Waals surface area contributed by atoms with Crippen molar-refractivity contribution in [2.75, 3.05) is 17.6 Å². The summed E-state index contributed by atoms with van der Waals surface area (Å²) in [6, 6.07) is 23.2. The van der Waals surface area contributed by atoms with E-state index in [1.807, 2.05) is 81.4 Å². The van der Waals surface area contributed by atoms with E-state index >= 15 is 0 Å². The number of nitrogens with two attached hydrogens (primary N) is 1. The van der Waals surface area contributed by atoms with Crippen LogP contribution in [0.4, 0.5) is 11.4 Å². The van der Waals surface area contributed by atoms with Crippen LogP contribution in [-0.4, -0.2) is 58.0 Å². The normalized spacial score (nSPS) is 24.1. The zero-order chi connectivity index (χ0) is 39.7. The Morgan fingerprint density at radius 2 is 1.50 bits per heavy atom. The van der Waals surface area contributed by atoms with Gasteiger partial charge in [-0.1, -0.05) is 73.5 Å². The van der Waals surface area contributed by atoms with Gasteiger partial charge in [0.15, 0.2) is 6.29 Å². The predicted octanol–water partition coefficient (Wildman–Crippen LogP) is 7.06. The van der Waals surface area contributed by atoms with Crippen LogP contribution in [0.2, 0.25) is 0 Å². The molecule has 11 heteroatoms. The van der Waals surface area contributed by atoms with Crippen LogP contribution >= 0.6 is 0 Å². The number of para-hydroxylation sites is 2. The number of carbonyl (C=O) groups excluding carboxylic acids is 3. The van der Waals surface area contributed by atoms with Crippen molar-refractivity contribution in [1.29, 1.82) is 0 Å². The molecule has 2 saturated heterocycles. The fourth-order valence-electron chi connectivity index (χ4n) is 8.47. The van der Waals surface area contributed by atoms with Crippen LogP contribution in [0.25, 0.3) is 0 Å². The van der Waals surface area contributed by atoms with Crippen LogP contribution in [-0.2, 0) is 37.0 Å². The van der Waals surface area contributed by atoms with Crippen molar-refractivity contribution in [1.82, 2.24) is 15.5 Å². The molecule has 6 atom stereocenters. The van der Waals surface area contributed by atoms with Gasteiger partial charge in [0.2, 0.25) is 17.7 Å². The first-order valence-corrected chi connectivity index (χ1v) is 20.5. The van der Waals surface area contributed by atoms with Crippen molar-refractivity contribution in [2.24, 2.45) is 5.92 Å². The lowest BCUT2D eigenvalue weighted by Gasteiger charge is -2.50. The lowest BCUT2D eigenvalue weighted by atomic mass is 9.75. The largest absolute Gasteiger partial charge is 0.397 e. The molecule has 3 fully saturated rings. The fraction of sp³-hybridized carbons (Fsp3) is 0.533. The van der Waals surface area contributed by atoms with Crippen LogP contribution in [0.15, 0.2) is 72.8 Å². The Labute approximate surface area is 332 Å². The molecule has 6 N–H and O–H groups in total. The number of aliphatic hydroxyl groups is 1. The molecule has 2 heterocycles. The second kappa shape index (κ2) is 19.2. The quantitative estimate of drug-likeness (QED) is 0.0863. The van der Waals surface area contributed by atoms with E-state index < -0.39 is 6.29 Å². The summed E-state index contributed by atoms with van der Waals surface area (Å²) in [5.74, 6) is 0.510. The van der Waals surface area contributed by atoms with Crippen molar-refractivity contribution in [2.45, 2.75) is 141 Å². The highest BCUT2D eigenvalue weighted by atomic mass is 16.7. The van der Waals surface area contributed by atoms with E-state index in [9.17, 15) is 19.5 Å². The molecule has 11 nitrogen and oxygen atoms in total. The minimum atomic E-state index is -0.621. The monoisotopic (exact) mass is 767 g/mol. The zero-order valence-electron chi connectivity index (χ0n) is 33.3. The van der Waals surface area contributed by atoms with E-state index in [2.05, 4.69) is 20.9 Å². The number of anilines is 2. The molecule has 302 valence electrons. The van der Waals surface area contributed by atoms with Gasteiger partial charge in [-0.25, -0.2) is 0 Å². The van der Waals surface area contributed by atoms with Gasteiger partial charge in [-0.3, -0.25) is 19.3 Å². The Morgan fingerprint density at radius 1 is 0.821 bits per heavy atom. The Hall–Kier alpha value is -4.29. The van der Waals surface area contributed by atoms with Crippen molar-refractivity contribution in [3.8, 4) is 0 Å². The van der Waals surface area contributed by atoms with Crippen LogP contribution < -0.4 is 21.7 Å². The summed E-state index contributed by atoms with van der Waals surface area (Å²) < 4.78 is 13.4. The van der Waals surface area contributed by atoms with Crippen molar-refractivity contribution >= 4 is 29.1 Å². The number of rotatable bonds is 14. The third kappa shape index (κ3) is 11.4. The first kappa shape index (κ1) is 41.3. The summed E-state index contributed by atoms with van der Waals surface area (Å²) in [6.07, 6.45) is 8.13. The third-order valence-corrected chi connectivity index (χ3v) is 11.4. The van der Waals surface area contributed by atoms with Crippen LogP contribution in [0.1, 0.15) is 126 Å². The fourth-order valence-corrected chi connectivity index (χ4v) is 8.47. The number of likely N-dealkylation sites (tertiary alicyclic amines) is 1. The Morgan fingerprint density at radius 3 is 2.21 bits per heavy atom. The number of hydrogen-bond donors (Lipinski definition) is 5. The summed E-state index contributed by atoms with van der Waals surface area (Å²) >= 11 is 0. The molecule has 0 bridgehead atoms. The highest BCUT2D eigenvalue weighted by molar-refractivity contribution is 5.93. The summed E-state index contributed by atoms with van der Waals surface area (Å²) in [7, 11) is 0. The number of nitrogen functional groups attached to an aromatic ring is 1. The van der Waals surface area contributed by atoms with E-state index in [4.69, 9.17) is 15.2 Å². The molecule has 56 heavy (non-hydrogen) atoms. The number of ether oxygens (including phenoxy) is 2. The molecule has 0 spiro atoms. The number of benzene rings is 3. The van der Waals surface area contributed by atoms with Gasteiger partial charge < -0.3 is 36.3 Å². The number of aliphatic hydroxyl groups excluding tert-OH is 1. The standard InChI is InChI=1S/C45H61N5O6/c1-45(2,3)49-43(54)39-25-24-32-10-4-7-13-38(32)50(39)28-35-26-40(33-20-18-31(29-51)19-21-33)56-44(55-35)34-22-16-30(17-23-34)27-47-41(52)14-8-9-15-42(53)48-37-12-6-5-11-36(37)46/h5-6,11-12,16-23,32,35,38-40,44,51H,4,7-10,13-15,24-29,46H2,1-3H3,(H,47,52)(H,48,53)(H,49,54)/t32-,35-,38-,39-,40+,44+/m1/s1. The first-order chi connectivity index (χ1) is 27.0. The van der Waals surface area contributed by atoms with Gasteiger partial charge in [0.25, 0.3) is 0 Å². The van der Waals surface area contributed by atoms with E-state index in [0.717, 1.165) is 41.5 Å². The Kier molecular flexibility index (Phi) is 14.2. The minimum Gasteiger partial charge on any atom is -0.397 e. The van der Waals surface area contributed by atoms with Gasteiger partial charge in [0.05, 0.1) is 36.2 Å². The highest BCUT2D eigenvalue weighted by Gasteiger charge is 2.44. The van der Waals surface area contributed by atoms with E-state index in [-0.39, 0.29) is 48.1 Å². The molecule has 1 saturated carbocycles. The second-order valence-corrected chi connectivity index (χ2v) is 16.9. The molecule has 0 radical (unpaired) electrons. The Balaban J connectivity index is 1.08. The number of nitrogens with zero attached hydrogens (tertiary/aromatic N) is 1.